The van der Waals surface area contributed by atoms with Crippen LogP contribution in [0.15, 0.2) is 0 Å². The van der Waals surface area contributed by atoms with Crippen molar-refractivity contribution in [3.05, 3.63) is 0 Å². The summed E-state index contributed by atoms with van der Waals surface area (Å²) in [4.78, 5) is 26.1. The molecule has 2 N–H and O–H groups in total. The molecule has 1 heterocycles. The molecule has 0 spiro atoms. The van der Waals surface area contributed by atoms with Gasteiger partial charge in [0.1, 0.15) is 5.60 Å². The fraction of sp³-hybridized carbons (Fsp3) is 0.857. The molecule has 1 atom stereocenters. The molecule has 1 aliphatic rings. The van der Waals surface area contributed by atoms with Gasteiger partial charge in [-0.2, -0.15) is 0 Å². The molecule has 1 fully saturated rings. The highest BCUT2D eigenvalue weighted by Gasteiger charge is 2.21. The molecule has 0 aliphatic carbocycles. The van der Waals surface area contributed by atoms with Crippen molar-refractivity contribution in [3.8, 4) is 0 Å². The van der Waals surface area contributed by atoms with E-state index in [1.54, 1.807) is 0 Å². The van der Waals surface area contributed by atoms with Crippen LogP contribution < -0.4 is 5.32 Å². The Kier molecular flexibility index (Phi) is 6.26. The third kappa shape index (κ3) is 7.17. The highest BCUT2D eigenvalue weighted by atomic mass is 16.6. The molecule has 1 saturated heterocycles. The quantitative estimate of drug-likeness (QED) is 0.824. The van der Waals surface area contributed by atoms with Gasteiger partial charge < -0.3 is 20.1 Å². The van der Waals surface area contributed by atoms with Gasteiger partial charge in [-0.25, -0.2) is 9.59 Å². The maximum absolute atomic E-state index is 11.6. The zero-order valence-corrected chi connectivity index (χ0v) is 13.4. The van der Waals surface area contributed by atoms with E-state index in [-0.39, 0.29) is 6.04 Å². The SMILES string of the molecule is C[C@@H](CCN1CCN(C(=O)O)CC1)NC(=O)OC(C)(C)C. The van der Waals surface area contributed by atoms with Crippen molar-refractivity contribution >= 4 is 12.2 Å². The van der Waals surface area contributed by atoms with Crippen LogP contribution in [0.3, 0.4) is 0 Å². The van der Waals surface area contributed by atoms with Gasteiger partial charge in [-0.1, -0.05) is 0 Å². The molecular formula is C14H27N3O4. The summed E-state index contributed by atoms with van der Waals surface area (Å²) in [5, 5.41) is 11.7. The number of carbonyl (C=O) groups is 2. The minimum atomic E-state index is -0.852. The van der Waals surface area contributed by atoms with Gasteiger partial charge in [-0.05, 0) is 34.1 Å². The predicted octanol–water partition coefficient (Wildman–Crippen LogP) is 1.59. The molecule has 0 aromatic carbocycles. The third-order valence-corrected chi connectivity index (χ3v) is 3.28. The lowest BCUT2D eigenvalue weighted by atomic mass is 10.2. The lowest BCUT2D eigenvalue weighted by Gasteiger charge is -2.33. The molecule has 0 unspecified atom stereocenters. The number of nitrogens with zero attached hydrogens (tertiary/aromatic N) is 2. The second-order valence-electron chi connectivity index (χ2n) is 6.45. The third-order valence-electron chi connectivity index (χ3n) is 3.28. The van der Waals surface area contributed by atoms with Crippen molar-refractivity contribution in [2.75, 3.05) is 32.7 Å². The molecule has 0 bridgehead atoms. The zero-order valence-electron chi connectivity index (χ0n) is 13.4. The van der Waals surface area contributed by atoms with Crippen molar-refractivity contribution in [3.63, 3.8) is 0 Å². The second kappa shape index (κ2) is 7.49. The van der Waals surface area contributed by atoms with Gasteiger partial charge in [-0.3, -0.25) is 4.90 Å². The fourth-order valence-electron chi connectivity index (χ4n) is 2.12. The van der Waals surface area contributed by atoms with Crippen LogP contribution in [0, 0.1) is 0 Å². The van der Waals surface area contributed by atoms with E-state index in [0.717, 1.165) is 26.1 Å². The van der Waals surface area contributed by atoms with Crippen LogP contribution in [0.5, 0.6) is 0 Å². The van der Waals surface area contributed by atoms with E-state index in [2.05, 4.69) is 10.2 Å². The average molecular weight is 301 g/mol. The van der Waals surface area contributed by atoms with Crippen molar-refractivity contribution in [1.29, 1.82) is 0 Å². The molecule has 122 valence electrons. The normalized spacial score (nSPS) is 18.2. The maximum Gasteiger partial charge on any atom is 0.407 e. The summed E-state index contributed by atoms with van der Waals surface area (Å²) in [6.07, 6.45) is -0.438. The Morgan fingerprint density at radius 2 is 1.81 bits per heavy atom. The minimum Gasteiger partial charge on any atom is -0.465 e. The highest BCUT2D eigenvalue weighted by molar-refractivity contribution is 5.68. The van der Waals surface area contributed by atoms with E-state index in [1.165, 1.54) is 4.90 Å². The Bertz CT molecular complexity index is 360. The number of piperazine rings is 1. The Morgan fingerprint density at radius 3 is 2.29 bits per heavy atom. The van der Waals surface area contributed by atoms with E-state index in [1.807, 2.05) is 27.7 Å². The average Bonchev–Trinajstić information content (AvgIpc) is 2.34. The largest absolute Gasteiger partial charge is 0.465 e. The Labute approximate surface area is 126 Å². The molecule has 0 aromatic heterocycles. The van der Waals surface area contributed by atoms with E-state index < -0.39 is 17.8 Å². The zero-order chi connectivity index (χ0) is 16.0. The summed E-state index contributed by atoms with van der Waals surface area (Å²) in [7, 11) is 0. The van der Waals surface area contributed by atoms with Crippen molar-refractivity contribution < 1.29 is 19.4 Å². The molecule has 2 amide bonds. The molecule has 0 radical (unpaired) electrons. The summed E-state index contributed by atoms with van der Waals surface area (Å²) in [6, 6.07) is 0.0253. The minimum absolute atomic E-state index is 0.0253. The first-order valence-corrected chi connectivity index (χ1v) is 7.37. The lowest BCUT2D eigenvalue weighted by Crippen LogP contribution is -2.49. The van der Waals surface area contributed by atoms with Crippen LogP contribution in [0.1, 0.15) is 34.1 Å². The second-order valence-corrected chi connectivity index (χ2v) is 6.45. The first-order valence-electron chi connectivity index (χ1n) is 7.37. The van der Waals surface area contributed by atoms with Gasteiger partial charge in [-0.15, -0.1) is 0 Å². The van der Waals surface area contributed by atoms with Crippen molar-refractivity contribution in [2.24, 2.45) is 0 Å². The number of hydrogen-bond acceptors (Lipinski definition) is 4. The van der Waals surface area contributed by atoms with Gasteiger partial charge >= 0.3 is 12.2 Å². The first-order chi connectivity index (χ1) is 9.67. The van der Waals surface area contributed by atoms with Gasteiger partial charge in [0, 0.05) is 38.8 Å². The lowest BCUT2D eigenvalue weighted by molar-refractivity contribution is 0.0499. The Morgan fingerprint density at radius 1 is 1.24 bits per heavy atom. The van der Waals surface area contributed by atoms with Crippen molar-refractivity contribution in [1.82, 2.24) is 15.1 Å². The fourth-order valence-corrected chi connectivity index (χ4v) is 2.12. The molecule has 7 nitrogen and oxygen atoms in total. The van der Waals surface area contributed by atoms with Crippen LogP contribution in [0.2, 0.25) is 0 Å². The number of rotatable bonds is 4. The highest BCUT2D eigenvalue weighted by Crippen LogP contribution is 2.08. The van der Waals surface area contributed by atoms with Crippen LogP contribution in [0.25, 0.3) is 0 Å². The monoisotopic (exact) mass is 301 g/mol. The number of ether oxygens (including phenoxy) is 1. The summed E-state index contributed by atoms with van der Waals surface area (Å²) in [5.41, 5.74) is -0.489. The molecule has 7 heteroatoms. The van der Waals surface area contributed by atoms with Gasteiger partial charge in [0.15, 0.2) is 0 Å². The number of alkyl carbamates (subject to hydrolysis) is 1. The van der Waals surface area contributed by atoms with E-state index in [0.29, 0.717) is 13.1 Å². The van der Waals surface area contributed by atoms with Crippen LogP contribution in [-0.2, 0) is 4.74 Å². The number of carbonyl (C=O) groups excluding carboxylic acids is 1. The van der Waals surface area contributed by atoms with Crippen LogP contribution in [0.4, 0.5) is 9.59 Å². The summed E-state index contributed by atoms with van der Waals surface area (Å²) < 4.78 is 5.21. The molecule has 0 aromatic rings. The summed E-state index contributed by atoms with van der Waals surface area (Å²) in [6.45, 7) is 10.8. The molecule has 1 rings (SSSR count). The molecular weight excluding hydrogens is 274 g/mol. The van der Waals surface area contributed by atoms with Crippen LogP contribution in [-0.4, -0.2) is 71.5 Å². The topological polar surface area (TPSA) is 82.1 Å². The van der Waals surface area contributed by atoms with Gasteiger partial charge in [0.05, 0.1) is 0 Å². The van der Waals surface area contributed by atoms with Crippen LogP contribution >= 0.6 is 0 Å². The van der Waals surface area contributed by atoms with Gasteiger partial charge in [0.25, 0.3) is 0 Å². The number of nitrogens with one attached hydrogen (secondary N) is 1. The smallest absolute Gasteiger partial charge is 0.407 e. The van der Waals surface area contributed by atoms with E-state index in [4.69, 9.17) is 9.84 Å². The molecule has 0 saturated carbocycles. The van der Waals surface area contributed by atoms with Gasteiger partial charge in [0.2, 0.25) is 0 Å². The number of amides is 2. The predicted molar refractivity (Wildman–Crippen MR) is 79.5 cm³/mol. The standard InChI is InChI=1S/C14H27N3O4/c1-11(15-12(18)21-14(2,3)4)5-6-16-7-9-17(10-8-16)13(19)20/h11H,5-10H2,1-4H3,(H,15,18)(H,19,20)/t11-/m0/s1. The maximum atomic E-state index is 11.6. The Balaban J connectivity index is 2.20. The Hall–Kier alpha value is -1.50. The summed E-state index contributed by atoms with van der Waals surface area (Å²) >= 11 is 0. The molecule has 1 aliphatic heterocycles. The number of hydrogen-bond donors (Lipinski definition) is 2. The van der Waals surface area contributed by atoms with E-state index in [9.17, 15) is 9.59 Å². The van der Waals surface area contributed by atoms with E-state index >= 15 is 0 Å². The number of carboxylic acid groups (broad SMARTS) is 1. The first kappa shape index (κ1) is 17.6. The summed E-state index contributed by atoms with van der Waals surface area (Å²) in [5.74, 6) is 0. The van der Waals surface area contributed by atoms with Crippen molar-refractivity contribution in [2.45, 2.75) is 45.8 Å². The molecule has 21 heavy (non-hydrogen) atoms.